The number of benzene rings is 1. The van der Waals surface area contributed by atoms with Crippen LogP contribution in [-0.2, 0) is 11.2 Å². The smallest absolute Gasteiger partial charge is 0.222 e. The molecule has 0 radical (unpaired) electrons. The number of piperidine rings is 1. The van der Waals surface area contributed by atoms with E-state index in [9.17, 15) is 4.79 Å². The minimum absolute atomic E-state index is 0.291. The van der Waals surface area contributed by atoms with Gasteiger partial charge in [0.2, 0.25) is 5.91 Å². The van der Waals surface area contributed by atoms with Gasteiger partial charge in [-0.1, -0.05) is 30.3 Å². The van der Waals surface area contributed by atoms with Gasteiger partial charge in [0.05, 0.1) is 0 Å². The fourth-order valence-electron chi connectivity index (χ4n) is 2.49. The zero-order chi connectivity index (χ0) is 12.8. The second-order valence-electron chi connectivity index (χ2n) is 4.95. The second-order valence-corrected chi connectivity index (χ2v) is 4.95. The maximum atomic E-state index is 12.1. The second kappa shape index (κ2) is 6.55. The van der Waals surface area contributed by atoms with Crippen LogP contribution in [0.25, 0.3) is 0 Å². The Kier molecular flexibility index (Phi) is 4.76. The summed E-state index contributed by atoms with van der Waals surface area (Å²) in [7, 11) is 1.97. The van der Waals surface area contributed by atoms with Gasteiger partial charge in [-0.2, -0.15) is 0 Å². The van der Waals surface area contributed by atoms with Gasteiger partial charge < -0.3 is 10.2 Å². The molecule has 1 aliphatic heterocycles. The van der Waals surface area contributed by atoms with Crippen LogP contribution in [0.3, 0.4) is 0 Å². The zero-order valence-corrected chi connectivity index (χ0v) is 11.1. The average Bonchev–Trinajstić information content (AvgIpc) is 2.46. The molecule has 0 saturated carbocycles. The molecule has 0 aliphatic carbocycles. The summed E-state index contributed by atoms with van der Waals surface area (Å²) in [4.78, 5) is 14.1. The number of likely N-dealkylation sites (tertiary alicyclic amines) is 1. The molecule has 3 heteroatoms. The first-order valence-electron chi connectivity index (χ1n) is 6.78. The fraction of sp³-hybridized carbons (Fsp3) is 0.533. The van der Waals surface area contributed by atoms with Crippen LogP contribution in [0.15, 0.2) is 30.3 Å². The molecule has 0 aromatic heterocycles. The lowest BCUT2D eigenvalue weighted by molar-refractivity contribution is -0.132. The van der Waals surface area contributed by atoms with Crippen molar-refractivity contribution in [1.82, 2.24) is 10.2 Å². The number of likely N-dealkylation sites (N-methyl/N-ethyl adjacent to an activating group) is 1. The van der Waals surface area contributed by atoms with E-state index in [4.69, 9.17) is 0 Å². The highest BCUT2D eigenvalue weighted by Crippen LogP contribution is 2.12. The predicted molar refractivity (Wildman–Crippen MR) is 73.4 cm³/mol. The van der Waals surface area contributed by atoms with Gasteiger partial charge in [0.25, 0.3) is 0 Å². The van der Waals surface area contributed by atoms with Gasteiger partial charge >= 0.3 is 0 Å². The summed E-state index contributed by atoms with van der Waals surface area (Å²) in [5.41, 5.74) is 1.24. The zero-order valence-electron chi connectivity index (χ0n) is 11.1. The van der Waals surface area contributed by atoms with Crippen molar-refractivity contribution in [2.75, 3.05) is 20.1 Å². The quantitative estimate of drug-likeness (QED) is 0.879. The molecule has 1 saturated heterocycles. The first-order valence-corrected chi connectivity index (χ1v) is 6.78. The van der Waals surface area contributed by atoms with Crippen LogP contribution in [-0.4, -0.2) is 37.0 Å². The van der Waals surface area contributed by atoms with Crippen LogP contribution in [0.4, 0.5) is 0 Å². The summed E-state index contributed by atoms with van der Waals surface area (Å²) >= 11 is 0. The van der Waals surface area contributed by atoms with E-state index >= 15 is 0 Å². The molecule has 1 unspecified atom stereocenters. The number of carbonyl (C=O) groups excluding carboxylic acids is 1. The van der Waals surface area contributed by atoms with Gasteiger partial charge in [-0.15, -0.1) is 0 Å². The lowest BCUT2D eigenvalue weighted by Gasteiger charge is -2.32. The Morgan fingerprint density at radius 1 is 1.39 bits per heavy atom. The summed E-state index contributed by atoms with van der Waals surface area (Å²) in [6, 6.07) is 10.7. The molecule has 0 spiro atoms. The Bertz CT molecular complexity index is 377. The van der Waals surface area contributed by atoms with Gasteiger partial charge in [0.15, 0.2) is 0 Å². The molecule has 1 aromatic rings. The van der Waals surface area contributed by atoms with Crippen molar-refractivity contribution >= 4 is 5.91 Å². The molecule has 1 aliphatic rings. The molecule has 1 fully saturated rings. The summed E-state index contributed by atoms with van der Waals surface area (Å²) in [5, 5.41) is 3.27. The molecule has 1 atom stereocenters. The van der Waals surface area contributed by atoms with Crippen molar-refractivity contribution in [3.8, 4) is 0 Å². The fourth-order valence-corrected chi connectivity index (χ4v) is 2.49. The SMILES string of the molecule is CNC1CCCN(C(=O)CCc2ccccc2)C1. The van der Waals surface area contributed by atoms with E-state index in [1.807, 2.05) is 30.1 Å². The van der Waals surface area contributed by atoms with Crippen LogP contribution in [0.1, 0.15) is 24.8 Å². The summed E-state index contributed by atoms with van der Waals surface area (Å²) in [5.74, 6) is 0.291. The topological polar surface area (TPSA) is 32.3 Å². The van der Waals surface area contributed by atoms with Crippen molar-refractivity contribution in [2.24, 2.45) is 0 Å². The van der Waals surface area contributed by atoms with E-state index in [0.29, 0.717) is 18.4 Å². The van der Waals surface area contributed by atoms with Crippen molar-refractivity contribution in [2.45, 2.75) is 31.7 Å². The summed E-state index contributed by atoms with van der Waals surface area (Å²) in [6.45, 7) is 1.79. The Morgan fingerprint density at radius 3 is 2.89 bits per heavy atom. The Morgan fingerprint density at radius 2 is 2.17 bits per heavy atom. The average molecular weight is 246 g/mol. The number of nitrogens with zero attached hydrogens (tertiary/aromatic N) is 1. The lowest BCUT2D eigenvalue weighted by Crippen LogP contribution is -2.47. The van der Waals surface area contributed by atoms with Crippen molar-refractivity contribution < 1.29 is 4.79 Å². The number of hydrogen-bond donors (Lipinski definition) is 1. The number of rotatable bonds is 4. The number of aryl methyl sites for hydroxylation is 1. The maximum Gasteiger partial charge on any atom is 0.222 e. The molecule has 1 aromatic carbocycles. The third kappa shape index (κ3) is 3.57. The third-order valence-electron chi connectivity index (χ3n) is 3.65. The van der Waals surface area contributed by atoms with Gasteiger partial charge in [-0.05, 0) is 31.9 Å². The highest BCUT2D eigenvalue weighted by Gasteiger charge is 2.21. The first-order chi connectivity index (χ1) is 8.79. The maximum absolute atomic E-state index is 12.1. The van der Waals surface area contributed by atoms with Crippen LogP contribution in [0, 0.1) is 0 Å². The molecule has 1 heterocycles. The summed E-state index contributed by atoms with van der Waals surface area (Å²) in [6.07, 6.45) is 3.77. The molecule has 1 amide bonds. The van der Waals surface area contributed by atoms with Crippen molar-refractivity contribution in [3.63, 3.8) is 0 Å². The van der Waals surface area contributed by atoms with Crippen molar-refractivity contribution in [1.29, 1.82) is 0 Å². The molecule has 98 valence electrons. The standard InChI is InChI=1S/C15H22N2O/c1-16-14-8-5-11-17(12-14)15(18)10-9-13-6-3-2-4-7-13/h2-4,6-7,14,16H,5,8-12H2,1H3. The van der Waals surface area contributed by atoms with E-state index in [1.54, 1.807) is 0 Å². The van der Waals surface area contributed by atoms with Gasteiger partial charge in [0, 0.05) is 25.6 Å². The third-order valence-corrected chi connectivity index (χ3v) is 3.65. The molecule has 18 heavy (non-hydrogen) atoms. The predicted octanol–water partition coefficient (Wildman–Crippen LogP) is 1.83. The van der Waals surface area contributed by atoms with Gasteiger partial charge in [0.1, 0.15) is 0 Å². The molecule has 3 nitrogen and oxygen atoms in total. The van der Waals surface area contributed by atoms with Gasteiger partial charge in [-0.25, -0.2) is 0 Å². The van der Waals surface area contributed by atoms with Crippen LogP contribution in [0.2, 0.25) is 0 Å². The molecular formula is C15H22N2O. The molecule has 1 N–H and O–H groups in total. The highest BCUT2D eigenvalue weighted by molar-refractivity contribution is 5.76. The largest absolute Gasteiger partial charge is 0.341 e. The number of nitrogens with one attached hydrogen (secondary N) is 1. The normalized spacial score (nSPS) is 19.8. The Balaban J connectivity index is 1.81. The minimum Gasteiger partial charge on any atom is -0.341 e. The van der Waals surface area contributed by atoms with E-state index < -0.39 is 0 Å². The molecular weight excluding hydrogens is 224 g/mol. The number of hydrogen-bond acceptors (Lipinski definition) is 2. The monoisotopic (exact) mass is 246 g/mol. The van der Waals surface area contributed by atoms with Crippen LogP contribution < -0.4 is 5.32 Å². The van der Waals surface area contributed by atoms with Crippen molar-refractivity contribution in [3.05, 3.63) is 35.9 Å². The first kappa shape index (κ1) is 13.1. The Hall–Kier alpha value is -1.35. The highest BCUT2D eigenvalue weighted by atomic mass is 16.2. The van der Waals surface area contributed by atoms with E-state index in [-0.39, 0.29) is 0 Å². The van der Waals surface area contributed by atoms with E-state index in [1.165, 1.54) is 12.0 Å². The molecule has 0 bridgehead atoms. The summed E-state index contributed by atoms with van der Waals surface area (Å²) < 4.78 is 0. The van der Waals surface area contributed by atoms with E-state index in [2.05, 4.69) is 17.4 Å². The van der Waals surface area contributed by atoms with Gasteiger partial charge in [-0.3, -0.25) is 4.79 Å². The van der Waals surface area contributed by atoms with Crippen LogP contribution in [0.5, 0.6) is 0 Å². The van der Waals surface area contributed by atoms with E-state index in [0.717, 1.165) is 25.9 Å². The lowest BCUT2D eigenvalue weighted by atomic mass is 10.0. The molecule has 2 rings (SSSR count). The number of amides is 1. The van der Waals surface area contributed by atoms with Crippen LogP contribution >= 0.6 is 0 Å². The minimum atomic E-state index is 0.291. The Labute approximate surface area is 109 Å². The number of carbonyl (C=O) groups is 1.